The molecule has 6 nitrogen and oxygen atoms in total. The minimum absolute atomic E-state index is 0.247. The van der Waals surface area contributed by atoms with E-state index in [1.807, 2.05) is 42.8 Å². The summed E-state index contributed by atoms with van der Waals surface area (Å²) in [6.07, 6.45) is 1.78. The standard InChI is InChI=1S/C23H23FN6S/c1-16-22(17(2)30(27-16)14-18-8-4-3-5-9-18)26-23(31)25-21-12-13-29(28-21)15-19-10-6-7-11-20(19)24/h3-13H,14-15H2,1-2H3,(H2,25,26,28,31). The number of thiocarbonyl (C=S) groups is 1. The van der Waals surface area contributed by atoms with Gasteiger partial charge >= 0.3 is 0 Å². The largest absolute Gasteiger partial charge is 0.329 e. The fourth-order valence-electron chi connectivity index (χ4n) is 3.37. The maximum absolute atomic E-state index is 13.9. The van der Waals surface area contributed by atoms with E-state index in [9.17, 15) is 4.39 Å². The summed E-state index contributed by atoms with van der Waals surface area (Å²) in [6, 6.07) is 18.7. The first-order chi connectivity index (χ1) is 15.0. The lowest BCUT2D eigenvalue weighted by Crippen LogP contribution is -2.20. The first-order valence-corrected chi connectivity index (χ1v) is 10.3. The molecule has 0 unspecified atom stereocenters. The van der Waals surface area contributed by atoms with Crippen LogP contribution in [0.4, 0.5) is 15.9 Å². The highest BCUT2D eigenvalue weighted by Gasteiger charge is 2.14. The molecule has 0 saturated heterocycles. The molecule has 0 atom stereocenters. The molecule has 0 aliphatic heterocycles. The monoisotopic (exact) mass is 434 g/mol. The van der Waals surface area contributed by atoms with Gasteiger partial charge in [-0.15, -0.1) is 0 Å². The molecule has 0 amide bonds. The van der Waals surface area contributed by atoms with Gasteiger partial charge in [0.15, 0.2) is 10.9 Å². The van der Waals surface area contributed by atoms with Crippen LogP contribution < -0.4 is 10.6 Å². The highest BCUT2D eigenvalue weighted by atomic mass is 32.1. The quantitative estimate of drug-likeness (QED) is 0.429. The van der Waals surface area contributed by atoms with Gasteiger partial charge in [-0.05, 0) is 37.7 Å². The lowest BCUT2D eigenvalue weighted by Gasteiger charge is -2.10. The molecule has 8 heteroatoms. The molecular weight excluding hydrogens is 411 g/mol. The summed E-state index contributed by atoms with van der Waals surface area (Å²) < 4.78 is 17.5. The van der Waals surface area contributed by atoms with Crippen molar-refractivity contribution in [1.82, 2.24) is 19.6 Å². The van der Waals surface area contributed by atoms with E-state index in [1.54, 1.807) is 29.1 Å². The predicted octanol–water partition coefficient (Wildman–Crippen LogP) is 4.74. The van der Waals surface area contributed by atoms with E-state index in [-0.39, 0.29) is 5.82 Å². The van der Waals surface area contributed by atoms with E-state index < -0.39 is 0 Å². The van der Waals surface area contributed by atoms with Crippen LogP contribution in [0.5, 0.6) is 0 Å². The maximum Gasteiger partial charge on any atom is 0.176 e. The van der Waals surface area contributed by atoms with Gasteiger partial charge in [-0.25, -0.2) is 4.39 Å². The van der Waals surface area contributed by atoms with Crippen LogP contribution in [0.2, 0.25) is 0 Å². The van der Waals surface area contributed by atoms with Gasteiger partial charge in [0.25, 0.3) is 0 Å². The van der Waals surface area contributed by atoms with Crippen molar-refractivity contribution in [2.24, 2.45) is 0 Å². The number of benzene rings is 2. The third-order valence-corrected chi connectivity index (χ3v) is 5.17. The van der Waals surface area contributed by atoms with Crippen LogP contribution in [0.25, 0.3) is 0 Å². The highest BCUT2D eigenvalue weighted by molar-refractivity contribution is 7.80. The van der Waals surface area contributed by atoms with E-state index in [0.717, 1.165) is 17.1 Å². The number of halogens is 1. The first-order valence-electron chi connectivity index (χ1n) is 9.92. The van der Waals surface area contributed by atoms with E-state index in [4.69, 9.17) is 12.2 Å². The fourth-order valence-corrected chi connectivity index (χ4v) is 3.57. The van der Waals surface area contributed by atoms with Crippen molar-refractivity contribution in [3.05, 3.63) is 95.2 Å². The molecule has 2 heterocycles. The predicted molar refractivity (Wildman–Crippen MR) is 125 cm³/mol. The summed E-state index contributed by atoms with van der Waals surface area (Å²) in [5.74, 6) is 0.337. The zero-order chi connectivity index (χ0) is 21.8. The molecule has 2 N–H and O–H groups in total. The summed E-state index contributed by atoms with van der Waals surface area (Å²) in [4.78, 5) is 0. The van der Waals surface area contributed by atoms with Crippen molar-refractivity contribution in [1.29, 1.82) is 0 Å². The van der Waals surface area contributed by atoms with Gasteiger partial charge in [0.05, 0.1) is 30.2 Å². The third-order valence-electron chi connectivity index (χ3n) is 4.97. The van der Waals surface area contributed by atoms with Crippen LogP contribution in [-0.2, 0) is 13.1 Å². The van der Waals surface area contributed by atoms with Crippen LogP contribution in [-0.4, -0.2) is 24.7 Å². The molecular formula is C23H23FN6S. The van der Waals surface area contributed by atoms with Gasteiger partial charge in [-0.2, -0.15) is 10.2 Å². The van der Waals surface area contributed by atoms with Gasteiger partial charge in [0.2, 0.25) is 0 Å². The number of aryl methyl sites for hydroxylation is 1. The number of hydrogen-bond acceptors (Lipinski definition) is 3. The second kappa shape index (κ2) is 9.09. The van der Waals surface area contributed by atoms with E-state index in [0.29, 0.717) is 29.6 Å². The lowest BCUT2D eigenvalue weighted by molar-refractivity contribution is 0.586. The zero-order valence-electron chi connectivity index (χ0n) is 17.3. The van der Waals surface area contributed by atoms with Crippen LogP contribution in [0.3, 0.4) is 0 Å². The summed E-state index contributed by atoms with van der Waals surface area (Å²) in [7, 11) is 0. The second-order valence-electron chi connectivity index (χ2n) is 7.26. The number of aromatic nitrogens is 4. The Morgan fingerprint density at radius 1 is 0.935 bits per heavy atom. The average Bonchev–Trinajstić information content (AvgIpc) is 3.29. The molecule has 4 rings (SSSR count). The highest BCUT2D eigenvalue weighted by Crippen LogP contribution is 2.21. The lowest BCUT2D eigenvalue weighted by atomic mass is 10.2. The Hall–Kier alpha value is -3.52. The summed E-state index contributed by atoms with van der Waals surface area (Å²) in [6.45, 7) is 4.99. The minimum atomic E-state index is -0.247. The van der Waals surface area contributed by atoms with Gasteiger partial charge in [-0.3, -0.25) is 9.36 Å². The maximum atomic E-state index is 13.9. The fraction of sp³-hybridized carbons (Fsp3) is 0.174. The Bertz CT molecular complexity index is 1200. The van der Waals surface area contributed by atoms with E-state index in [2.05, 4.69) is 33.0 Å². The molecule has 0 bridgehead atoms. The molecule has 0 spiro atoms. The smallest absolute Gasteiger partial charge is 0.176 e. The van der Waals surface area contributed by atoms with Gasteiger partial charge < -0.3 is 10.6 Å². The van der Waals surface area contributed by atoms with Crippen molar-refractivity contribution in [2.75, 3.05) is 10.6 Å². The number of hydrogen-bond donors (Lipinski definition) is 2. The average molecular weight is 435 g/mol. The van der Waals surface area contributed by atoms with Crippen LogP contribution in [0.15, 0.2) is 66.9 Å². The number of nitrogens with zero attached hydrogens (tertiary/aromatic N) is 4. The Morgan fingerprint density at radius 3 is 2.45 bits per heavy atom. The SMILES string of the molecule is Cc1nn(Cc2ccccc2)c(C)c1NC(=S)Nc1ccn(Cc2ccccc2F)n1. The Labute approximate surface area is 185 Å². The molecule has 31 heavy (non-hydrogen) atoms. The van der Waals surface area contributed by atoms with Crippen molar-refractivity contribution in [3.8, 4) is 0 Å². The molecule has 2 aromatic carbocycles. The van der Waals surface area contributed by atoms with E-state index in [1.165, 1.54) is 11.6 Å². The molecule has 158 valence electrons. The molecule has 0 aliphatic carbocycles. The molecule has 0 radical (unpaired) electrons. The first kappa shape index (κ1) is 20.7. The Balaban J connectivity index is 1.40. The molecule has 0 saturated carbocycles. The molecule has 0 aliphatic rings. The van der Waals surface area contributed by atoms with E-state index >= 15 is 0 Å². The minimum Gasteiger partial charge on any atom is -0.329 e. The van der Waals surface area contributed by atoms with Crippen molar-refractivity contribution in [3.63, 3.8) is 0 Å². The number of nitrogens with one attached hydrogen (secondary N) is 2. The van der Waals surface area contributed by atoms with Crippen LogP contribution >= 0.6 is 12.2 Å². The van der Waals surface area contributed by atoms with Crippen molar-refractivity contribution >= 4 is 28.8 Å². The molecule has 4 aromatic rings. The Kier molecular flexibility index (Phi) is 6.08. The molecule has 2 aromatic heterocycles. The molecule has 0 fully saturated rings. The van der Waals surface area contributed by atoms with Gasteiger partial charge in [-0.1, -0.05) is 48.5 Å². The topological polar surface area (TPSA) is 59.7 Å². The number of rotatable bonds is 6. The normalized spacial score (nSPS) is 10.8. The number of anilines is 2. The van der Waals surface area contributed by atoms with Crippen LogP contribution in [0, 0.1) is 19.7 Å². The third kappa shape index (κ3) is 4.97. The zero-order valence-corrected chi connectivity index (χ0v) is 18.2. The summed E-state index contributed by atoms with van der Waals surface area (Å²) in [5, 5.41) is 15.8. The van der Waals surface area contributed by atoms with Crippen LogP contribution in [0.1, 0.15) is 22.5 Å². The van der Waals surface area contributed by atoms with Crippen molar-refractivity contribution < 1.29 is 4.39 Å². The second-order valence-corrected chi connectivity index (χ2v) is 7.67. The van der Waals surface area contributed by atoms with Crippen molar-refractivity contribution in [2.45, 2.75) is 26.9 Å². The van der Waals surface area contributed by atoms with Gasteiger partial charge in [0, 0.05) is 17.8 Å². The van der Waals surface area contributed by atoms with Gasteiger partial charge in [0.1, 0.15) is 5.82 Å². The Morgan fingerprint density at radius 2 is 1.68 bits per heavy atom. The summed E-state index contributed by atoms with van der Waals surface area (Å²) in [5.41, 5.74) is 4.49. The summed E-state index contributed by atoms with van der Waals surface area (Å²) >= 11 is 5.47.